The molecule has 0 atom stereocenters. The highest BCUT2D eigenvalue weighted by Crippen LogP contribution is 2.30. The monoisotopic (exact) mass is 416 g/mol. The molecule has 0 radical (unpaired) electrons. The molecule has 4 nitrogen and oxygen atoms in total. The molecule has 0 saturated heterocycles. The van der Waals surface area contributed by atoms with E-state index in [0.29, 0.717) is 16.1 Å². The quantitative estimate of drug-likeness (QED) is 0.591. The number of aromatic nitrogens is 1. The van der Waals surface area contributed by atoms with Gasteiger partial charge in [-0.25, -0.2) is 4.39 Å². The molecule has 0 unspecified atom stereocenters. The Hall–Kier alpha value is -2.57. The molecule has 0 fully saturated rings. The third-order valence-corrected chi connectivity index (χ3v) is 4.89. The third-order valence-electron chi connectivity index (χ3n) is 4.11. The summed E-state index contributed by atoms with van der Waals surface area (Å²) in [6.45, 7) is 0.263. The van der Waals surface area contributed by atoms with Crippen molar-refractivity contribution in [2.75, 3.05) is 12.0 Å². The van der Waals surface area contributed by atoms with Gasteiger partial charge in [0.05, 0.1) is 5.52 Å². The van der Waals surface area contributed by atoms with Gasteiger partial charge in [-0.1, -0.05) is 35.9 Å². The zero-order valence-electron chi connectivity index (χ0n) is 15.1. The molecule has 7 heteroatoms. The van der Waals surface area contributed by atoms with Crippen LogP contribution in [-0.2, 0) is 6.54 Å². The number of aromatic hydroxyl groups is 1. The first-order valence-electron chi connectivity index (χ1n) is 8.49. The van der Waals surface area contributed by atoms with Crippen molar-refractivity contribution >= 4 is 46.2 Å². The van der Waals surface area contributed by atoms with E-state index in [0.717, 1.165) is 11.3 Å². The fourth-order valence-corrected chi connectivity index (χ4v) is 3.14. The molecule has 2 aromatic carbocycles. The van der Waals surface area contributed by atoms with Gasteiger partial charge in [0, 0.05) is 34.5 Å². The van der Waals surface area contributed by atoms with E-state index >= 15 is 0 Å². The zero-order chi connectivity index (χ0) is 20.1. The summed E-state index contributed by atoms with van der Waals surface area (Å²) in [7, 11) is 0. The molecule has 0 saturated carbocycles. The number of hydrogen-bond donors (Lipinski definition) is 2. The fraction of sp³-hybridized carbons (Fsp3) is 0.143. The average molecular weight is 417 g/mol. The lowest BCUT2D eigenvalue weighted by molar-refractivity contribution is 0.0948. The normalized spacial score (nSPS) is 11.2. The van der Waals surface area contributed by atoms with Gasteiger partial charge >= 0.3 is 0 Å². The molecule has 2 N–H and O–H groups in total. The van der Waals surface area contributed by atoms with Crippen LogP contribution in [0.15, 0.2) is 48.7 Å². The minimum absolute atomic E-state index is 0.00823. The number of benzene rings is 2. The molecule has 3 aromatic rings. The number of rotatable bonds is 6. The maximum Gasteiger partial charge on any atom is 0.256 e. The SMILES string of the molecule is CSCC=Cc1cc(F)cc2c(O)c(C(=O)NCc3ccc(Cl)cc3)cnc12. The molecule has 1 amide bonds. The summed E-state index contributed by atoms with van der Waals surface area (Å²) in [5.74, 6) is -0.523. The molecular formula is C21H18ClFN2O2S. The van der Waals surface area contributed by atoms with E-state index in [-0.39, 0.29) is 23.2 Å². The number of hydrogen-bond acceptors (Lipinski definition) is 4. The van der Waals surface area contributed by atoms with Crippen LogP contribution in [0.1, 0.15) is 21.5 Å². The number of amides is 1. The molecule has 0 bridgehead atoms. The second-order valence-electron chi connectivity index (χ2n) is 6.08. The lowest BCUT2D eigenvalue weighted by Gasteiger charge is -2.10. The smallest absolute Gasteiger partial charge is 0.256 e. The summed E-state index contributed by atoms with van der Waals surface area (Å²) in [5, 5.41) is 14.1. The first-order chi connectivity index (χ1) is 13.5. The van der Waals surface area contributed by atoms with Crippen molar-refractivity contribution in [1.82, 2.24) is 10.3 Å². The highest BCUT2D eigenvalue weighted by atomic mass is 35.5. The Labute approximate surface area is 171 Å². The van der Waals surface area contributed by atoms with Gasteiger partial charge < -0.3 is 10.4 Å². The summed E-state index contributed by atoms with van der Waals surface area (Å²) in [4.78, 5) is 16.8. The highest BCUT2D eigenvalue weighted by molar-refractivity contribution is 7.98. The first-order valence-corrected chi connectivity index (χ1v) is 10.3. The molecule has 28 heavy (non-hydrogen) atoms. The second kappa shape index (κ2) is 9.08. The van der Waals surface area contributed by atoms with Crippen LogP contribution in [0, 0.1) is 5.82 Å². The number of carbonyl (C=O) groups is 1. The number of nitrogens with one attached hydrogen (secondary N) is 1. The van der Waals surface area contributed by atoms with Gasteiger partial charge in [0.15, 0.2) is 0 Å². The number of nitrogens with zero attached hydrogens (tertiary/aromatic N) is 1. The van der Waals surface area contributed by atoms with Crippen LogP contribution >= 0.6 is 23.4 Å². The Morgan fingerprint density at radius 2 is 2.07 bits per heavy atom. The maximum atomic E-state index is 14.0. The number of carbonyl (C=O) groups excluding carboxylic acids is 1. The summed E-state index contributed by atoms with van der Waals surface area (Å²) in [6, 6.07) is 9.58. The van der Waals surface area contributed by atoms with Gasteiger partial charge in [0.25, 0.3) is 5.91 Å². The van der Waals surface area contributed by atoms with Crippen molar-refractivity contribution in [2.24, 2.45) is 0 Å². The maximum absolute atomic E-state index is 14.0. The summed E-state index contributed by atoms with van der Waals surface area (Å²) < 4.78 is 14.0. The minimum atomic E-state index is -0.507. The number of fused-ring (bicyclic) bond motifs is 1. The molecular weight excluding hydrogens is 399 g/mol. The third kappa shape index (κ3) is 4.64. The Morgan fingerprint density at radius 3 is 2.79 bits per heavy atom. The minimum Gasteiger partial charge on any atom is -0.506 e. The van der Waals surface area contributed by atoms with Crippen molar-refractivity contribution in [3.8, 4) is 5.75 Å². The summed E-state index contributed by atoms with van der Waals surface area (Å²) in [6.07, 6.45) is 6.92. The van der Waals surface area contributed by atoms with Gasteiger partial charge in [0.2, 0.25) is 0 Å². The van der Waals surface area contributed by atoms with Gasteiger partial charge in [-0.3, -0.25) is 9.78 Å². The average Bonchev–Trinajstić information content (AvgIpc) is 2.68. The van der Waals surface area contributed by atoms with E-state index in [1.165, 1.54) is 18.3 Å². The molecule has 0 aliphatic heterocycles. The Bertz CT molecular complexity index is 1040. The highest BCUT2D eigenvalue weighted by Gasteiger charge is 2.17. The van der Waals surface area contributed by atoms with Crippen molar-refractivity contribution in [3.63, 3.8) is 0 Å². The standard InChI is InChI=1S/C21H18ClFN2O2S/c1-28-8-2-3-14-9-16(23)10-17-19(14)24-12-18(20(17)26)21(27)25-11-13-4-6-15(22)7-5-13/h2-7,9-10,12H,8,11H2,1H3,(H,24,26)(H,25,27). The van der Waals surface area contributed by atoms with E-state index in [1.54, 1.807) is 42.1 Å². The van der Waals surface area contributed by atoms with Crippen LogP contribution in [0.4, 0.5) is 4.39 Å². The predicted molar refractivity (Wildman–Crippen MR) is 113 cm³/mol. The summed E-state index contributed by atoms with van der Waals surface area (Å²) >= 11 is 7.48. The Kier molecular flexibility index (Phi) is 6.54. The Morgan fingerprint density at radius 1 is 1.32 bits per heavy atom. The second-order valence-corrected chi connectivity index (χ2v) is 7.43. The van der Waals surface area contributed by atoms with Gasteiger partial charge in [0.1, 0.15) is 17.1 Å². The van der Waals surface area contributed by atoms with Crippen LogP contribution in [0.25, 0.3) is 17.0 Å². The number of pyridine rings is 1. The Balaban J connectivity index is 1.88. The lowest BCUT2D eigenvalue weighted by Crippen LogP contribution is -2.23. The van der Waals surface area contributed by atoms with Gasteiger partial charge in [-0.05, 0) is 36.1 Å². The fourth-order valence-electron chi connectivity index (χ4n) is 2.72. The topological polar surface area (TPSA) is 62.2 Å². The van der Waals surface area contributed by atoms with E-state index < -0.39 is 11.7 Å². The molecule has 0 spiro atoms. The molecule has 144 valence electrons. The molecule has 1 aromatic heterocycles. The number of thioether (sulfide) groups is 1. The van der Waals surface area contributed by atoms with E-state index in [1.807, 2.05) is 12.3 Å². The van der Waals surface area contributed by atoms with Crippen molar-refractivity contribution in [2.45, 2.75) is 6.54 Å². The van der Waals surface area contributed by atoms with E-state index in [4.69, 9.17) is 11.6 Å². The summed E-state index contributed by atoms with van der Waals surface area (Å²) in [5.41, 5.74) is 1.84. The molecule has 0 aliphatic rings. The number of halogens is 2. The van der Waals surface area contributed by atoms with Gasteiger partial charge in [-0.15, -0.1) is 0 Å². The predicted octanol–water partition coefficient (Wildman–Crippen LogP) is 5.04. The van der Waals surface area contributed by atoms with E-state index in [9.17, 15) is 14.3 Å². The molecule has 3 rings (SSSR count). The molecule has 1 heterocycles. The molecule has 0 aliphatic carbocycles. The van der Waals surface area contributed by atoms with Gasteiger partial charge in [-0.2, -0.15) is 11.8 Å². The lowest BCUT2D eigenvalue weighted by atomic mass is 10.1. The van der Waals surface area contributed by atoms with Crippen LogP contribution in [0.3, 0.4) is 0 Å². The van der Waals surface area contributed by atoms with Crippen LogP contribution in [0.2, 0.25) is 5.02 Å². The van der Waals surface area contributed by atoms with Crippen molar-refractivity contribution in [3.05, 3.63) is 76.2 Å². The van der Waals surface area contributed by atoms with Crippen LogP contribution in [-0.4, -0.2) is 28.0 Å². The largest absolute Gasteiger partial charge is 0.506 e. The van der Waals surface area contributed by atoms with Crippen molar-refractivity contribution < 1.29 is 14.3 Å². The van der Waals surface area contributed by atoms with Crippen molar-refractivity contribution in [1.29, 1.82) is 0 Å². The first kappa shape index (κ1) is 20.2. The van der Waals surface area contributed by atoms with Crippen LogP contribution < -0.4 is 5.32 Å². The van der Waals surface area contributed by atoms with Crippen LogP contribution in [0.5, 0.6) is 5.75 Å². The van der Waals surface area contributed by atoms with E-state index in [2.05, 4.69) is 10.3 Å². The zero-order valence-corrected chi connectivity index (χ0v) is 16.6.